The minimum atomic E-state index is -0.993. The Morgan fingerprint density at radius 1 is 1.18 bits per heavy atom. The van der Waals surface area contributed by atoms with Crippen LogP contribution < -0.4 is 0 Å². The molecule has 7 heteroatoms. The first-order chi connectivity index (χ1) is 13.3. The van der Waals surface area contributed by atoms with E-state index in [1.165, 1.54) is 11.5 Å². The number of fused-ring (bicyclic) bond motifs is 1. The number of rotatable bonds is 9. The summed E-state index contributed by atoms with van der Waals surface area (Å²) in [5.74, 6) is -0.446. The van der Waals surface area contributed by atoms with E-state index in [-0.39, 0.29) is 18.9 Å². The van der Waals surface area contributed by atoms with Crippen molar-refractivity contribution in [1.29, 1.82) is 0 Å². The van der Waals surface area contributed by atoms with Crippen LogP contribution in [-0.2, 0) is 20.7 Å². The Kier molecular flexibility index (Phi) is 8.02. The van der Waals surface area contributed by atoms with E-state index in [1.807, 2.05) is 45.3 Å². The topological polar surface area (TPSA) is 81.0 Å². The van der Waals surface area contributed by atoms with Crippen molar-refractivity contribution in [1.82, 2.24) is 9.47 Å². The molecular formula is C21H30N2O5. The van der Waals surface area contributed by atoms with Crippen LogP contribution in [0, 0.1) is 5.92 Å². The molecule has 0 aliphatic carbocycles. The molecule has 0 fully saturated rings. The molecule has 0 aliphatic rings. The second-order valence-electron chi connectivity index (χ2n) is 7.36. The highest BCUT2D eigenvalue weighted by atomic mass is 16.7. The first-order valence-electron chi connectivity index (χ1n) is 9.56. The summed E-state index contributed by atoms with van der Waals surface area (Å²) in [6, 6.07) is 7.65. The summed E-state index contributed by atoms with van der Waals surface area (Å²) in [4.78, 5) is 26.6. The normalized spacial score (nSPS) is 13.5. The zero-order valence-corrected chi connectivity index (χ0v) is 17.1. The quantitative estimate of drug-likeness (QED) is 0.524. The lowest BCUT2D eigenvalue weighted by molar-refractivity contribution is -0.165. The van der Waals surface area contributed by atoms with Gasteiger partial charge in [0, 0.05) is 38.1 Å². The SMILES string of the molecule is CC(CCO)CC(=O)OC(C)OC(=O)n1cc(CCN(C)C)c2ccccc21. The van der Waals surface area contributed by atoms with E-state index < -0.39 is 18.4 Å². The average Bonchev–Trinajstić information content (AvgIpc) is 2.98. The summed E-state index contributed by atoms with van der Waals surface area (Å²) in [5.41, 5.74) is 1.82. The number of benzene rings is 1. The molecule has 0 radical (unpaired) electrons. The van der Waals surface area contributed by atoms with Crippen molar-refractivity contribution in [3.8, 4) is 0 Å². The summed E-state index contributed by atoms with van der Waals surface area (Å²) in [6.07, 6.45) is 1.71. The van der Waals surface area contributed by atoms with Crippen LogP contribution in [0.15, 0.2) is 30.5 Å². The Balaban J connectivity index is 2.05. The van der Waals surface area contributed by atoms with Gasteiger partial charge in [0.05, 0.1) is 5.52 Å². The van der Waals surface area contributed by atoms with E-state index >= 15 is 0 Å². The van der Waals surface area contributed by atoms with E-state index in [2.05, 4.69) is 4.90 Å². The summed E-state index contributed by atoms with van der Waals surface area (Å²) >= 11 is 0. The Labute approximate surface area is 165 Å². The molecule has 1 N–H and O–H groups in total. The molecule has 2 atom stereocenters. The van der Waals surface area contributed by atoms with E-state index in [0.717, 1.165) is 29.4 Å². The fourth-order valence-electron chi connectivity index (χ4n) is 3.01. The van der Waals surface area contributed by atoms with Crippen LogP contribution in [0.5, 0.6) is 0 Å². The second kappa shape index (κ2) is 10.2. The van der Waals surface area contributed by atoms with Crippen LogP contribution in [0.1, 0.15) is 32.3 Å². The number of likely N-dealkylation sites (N-methyl/N-ethyl adjacent to an activating group) is 1. The van der Waals surface area contributed by atoms with Gasteiger partial charge >= 0.3 is 12.1 Å². The lowest BCUT2D eigenvalue weighted by atomic mass is 10.1. The summed E-state index contributed by atoms with van der Waals surface area (Å²) in [6.45, 7) is 4.26. The summed E-state index contributed by atoms with van der Waals surface area (Å²) < 4.78 is 11.9. The van der Waals surface area contributed by atoms with Gasteiger partial charge in [-0.15, -0.1) is 0 Å². The van der Waals surface area contributed by atoms with Crippen molar-refractivity contribution >= 4 is 23.0 Å². The van der Waals surface area contributed by atoms with Crippen molar-refractivity contribution in [3.05, 3.63) is 36.0 Å². The fraction of sp³-hybridized carbons (Fsp3) is 0.524. The molecule has 1 heterocycles. The number of hydrogen-bond acceptors (Lipinski definition) is 6. The molecule has 28 heavy (non-hydrogen) atoms. The van der Waals surface area contributed by atoms with Crippen molar-refractivity contribution < 1.29 is 24.2 Å². The Hall–Kier alpha value is -2.38. The van der Waals surface area contributed by atoms with Crippen LogP contribution in [0.3, 0.4) is 0 Å². The first kappa shape index (κ1) is 21.9. The third kappa shape index (κ3) is 6.07. The smallest absolute Gasteiger partial charge is 0.421 e. The third-order valence-corrected chi connectivity index (χ3v) is 4.52. The largest absolute Gasteiger partial charge is 0.425 e. The van der Waals surface area contributed by atoms with Crippen LogP contribution in [-0.4, -0.2) is 60.2 Å². The monoisotopic (exact) mass is 390 g/mol. The maximum absolute atomic E-state index is 12.6. The molecule has 0 spiro atoms. The third-order valence-electron chi connectivity index (χ3n) is 4.52. The van der Waals surface area contributed by atoms with Crippen molar-refractivity contribution in [2.24, 2.45) is 5.92 Å². The average molecular weight is 390 g/mol. The molecule has 2 rings (SSSR count). The van der Waals surface area contributed by atoms with Crippen LogP contribution in [0.25, 0.3) is 10.9 Å². The second-order valence-corrected chi connectivity index (χ2v) is 7.36. The van der Waals surface area contributed by atoms with Gasteiger partial charge in [0.25, 0.3) is 0 Å². The molecular weight excluding hydrogens is 360 g/mol. The van der Waals surface area contributed by atoms with Crippen LogP contribution in [0.2, 0.25) is 0 Å². The van der Waals surface area contributed by atoms with Crippen molar-refractivity contribution in [2.75, 3.05) is 27.2 Å². The molecule has 0 saturated carbocycles. The predicted octanol–water partition coefficient (Wildman–Crippen LogP) is 3.03. The first-order valence-corrected chi connectivity index (χ1v) is 9.56. The lowest BCUT2D eigenvalue weighted by Gasteiger charge is -2.16. The van der Waals surface area contributed by atoms with Gasteiger partial charge in [-0.3, -0.25) is 9.36 Å². The number of aliphatic hydroxyl groups excluding tert-OH is 1. The molecule has 0 saturated heterocycles. The predicted molar refractivity (Wildman–Crippen MR) is 107 cm³/mol. The summed E-state index contributed by atoms with van der Waals surface area (Å²) in [5, 5.41) is 9.91. The number of ether oxygens (including phenoxy) is 2. The van der Waals surface area contributed by atoms with Gasteiger partial charge in [-0.1, -0.05) is 25.1 Å². The molecule has 154 valence electrons. The maximum atomic E-state index is 12.6. The molecule has 0 bridgehead atoms. The highest BCUT2D eigenvalue weighted by molar-refractivity contribution is 5.92. The van der Waals surface area contributed by atoms with Gasteiger partial charge < -0.3 is 19.5 Å². The zero-order chi connectivity index (χ0) is 20.7. The number of aromatic nitrogens is 1. The molecule has 1 aromatic heterocycles. The minimum absolute atomic E-state index is 0.00745. The van der Waals surface area contributed by atoms with Gasteiger partial charge in [-0.25, -0.2) is 4.79 Å². The lowest BCUT2D eigenvalue weighted by Crippen LogP contribution is -2.25. The highest BCUT2D eigenvalue weighted by Gasteiger charge is 2.20. The van der Waals surface area contributed by atoms with Gasteiger partial charge in [-0.05, 0) is 44.5 Å². The van der Waals surface area contributed by atoms with Crippen molar-refractivity contribution in [3.63, 3.8) is 0 Å². The van der Waals surface area contributed by atoms with E-state index in [4.69, 9.17) is 14.6 Å². The van der Waals surface area contributed by atoms with Gasteiger partial charge in [0.15, 0.2) is 0 Å². The fourth-order valence-corrected chi connectivity index (χ4v) is 3.01. The van der Waals surface area contributed by atoms with Crippen molar-refractivity contribution in [2.45, 2.75) is 39.4 Å². The number of para-hydroxylation sites is 1. The molecule has 2 aromatic rings. The molecule has 0 amide bonds. The highest BCUT2D eigenvalue weighted by Crippen LogP contribution is 2.22. The zero-order valence-electron chi connectivity index (χ0n) is 17.1. The van der Waals surface area contributed by atoms with Gasteiger partial charge in [-0.2, -0.15) is 0 Å². The van der Waals surface area contributed by atoms with Gasteiger partial charge in [0.2, 0.25) is 6.29 Å². The number of aliphatic hydroxyl groups is 1. The standard InChI is InChI=1S/C21H30N2O5/c1-15(10-12-24)13-20(25)27-16(2)28-21(26)23-14-17(9-11-22(3)4)18-7-5-6-8-19(18)23/h5-8,14-16,24H,9-13H2,1-4H3. The Morgan fingerprint density at radius 3 is 2.57 bits per heavy atom. The summed E-state index contributed by atoms with van der Waals surface area (Å²) in [7, 11) is 4.01. The van der Waals surface area contributed by atoms with Crippen LogP contribution in [0.4, 0.5) is 4.79 Å². The Bertz CT molecular complexity index is 799. The molecule has 7 nitrogen and oxygen atoms in total. The molecule has 0 aliphatic heterocycles. The van der Waals surface area contributed by atoms with Gasteiger partial charge in [0.1, 0.15) is 0 Å². The molecule has 2 unspecified atom stereocenters. The minimum Gasteiger partial charge on any atom is -0.425 e. The maximum Gasteiger partial charge on any atom is 0.421 e. The number of carbonyl (C=O) groups is 2. The van der Waals surface area contributed by atoms with E-state index in [1.54, 1.807) is 6.20 Å². The number of esters is 1. The van der Waals surface area contributed by atoms with Crippen LogP contribution >= 0.6 is 0 Å². The van der Waals surface area contributed by atoms with E-state index in [0.29, 0.717) is 6.42 Å². The number of carbonyl (C=O) groups excluding carboxylic acids is 2. The van der Waals surface area contributed by atoms with E-state index in [9.17, 15) is 9.59 Å². The Morgan fingerprint density at radius 2 is 1.89 bits per heavy atom. The number of hydrogen-bond donors (Lipinski definition) is 1. The number of nitrogens with zero attached hydrogens (tertiary/aromatic N) is 2. The molecule has 1 aromatic carbocycles.